The van der Waals surface area contributed by atoms with E-state index in [1.807, 2.05) is 36.4 Å². The first-order valence-corrected chi connectivity index (χ1v) is 12.5. The van der Waals surface area contributed by atoms with Gasteiger partial charge in [-0.25, -0.2) is 9.78 Å². The van der Waals surface area contributed by atoms with Crippen LogP contribution in [-0.4, -0.2) is 18.0 Å². The Hall–Kier alpha value is -4.69. The first-order valence-electron chi connectivity index (χ1n) is 11.7. The molecule has 0 saturated carbocycles. The molecule has 0 bridgehead atoms. The molecule has 38 heavy (non-hydrogen) atoms. The molecule has 6 rings (SSSR count). The molecule has 0 fully saturated rings. The van der Waals surface area contributed by atoms with E-state index in [0.29, 0.717) is 50.7 Å². The maximum absolute atomic E-state index is 13.1. The highest BCUT2D eigenvalue weighted by molar-refractivity contribution is 9.10. The predicted molar refractivity (Wildman–Crippen MR) is 150 cm³/mol. The number of carbonyl (C=O) groups excluding carboxylic acids is 1. The van der Waals surface area contributed by atoms with Gasteiger partial charge in [-0.15, -0.1) is 0 Å². The van der Waals surface area contributed by atoms with Crippen LogP contribution in [0.1, 0.15) is 10.4 Å². The summed E-state index contributed by atoms with van der Waals surface area (Å²) < 4.78 is 17.4. The first-order chi connectivity index (χ1) is 18.5. The van der Waals surface area contributed by atoms with Crippen molar-refractivity contribution in [1.82, 2.24) is 4.98 Å². The maximum Gasteiger partial charge on any atom is 0.344 e. The number of nitrogens with zero attached hydrogens (tertiary/aromatic N) is 1. The van der Waals surface area contributed by atoms with Gasteiger partial charge >= 0.3 is 5.63 Å². The lowest BCUT2D eigenvalue weighted by atomic mass is 10.0. The minimum Gasteiger partial charge on any atom is -0.496 e. The number of halogens is 1. The highest BCUT2D eigenvalue weighted by Gasteiger charge is 2.14. The zero-order chi connectivity index (χ0) is 26.2. The first kappa shape index (κ1) is 23.7. The van der Waals surface area contributed by atoms with Gasteiger partial charge in [0.25, 0.3) is 5.91 Å². The fraction of sp³-hybridized carbons (Fsp3) is 0.0333. The Kier molecular flexibility index (Phi) is 6.01. The average molecular weight is 567 g/mol. The molecular weight excluding hydrogens is 548 g/mol. The Morgan fingerprint density at radius 2 is 1.74 bits per heavy atom. The minimum atomic E-state index is -0.461. The van der Waals surface area contributed by atoms with Gasteiger partial charge in [0, 0.05) is 22.2 Å². The van der Waals surface area contributed by atoms with Crippen molar-refractivity contribution >= 4 is 49.6 Å². The summed E-state index contributed by atoms with van der Waals surface area (Å²) in [5.41, 5.74) is 3.99. The Labute approximate surface area is 224 Å². The Morgan fingerprint density at radius 1 is 0.868 bits per heavy atom. The summed E-state index contributed by atoms with van der Waals surface area (Å²) in [6.45, 7) is 0. The van der Waals surface area contributed by atoms with Crippen LogP contribution in [0.2, 0.25) is 0 Å². The topological polar surface area (TPSA) is 94.6 Å². The van der Waals surface area contributed by atoms with Gasteiger partial charge in [-0.1, -0.05) is 30.3 Å². The maximum atomic E-state index is 13.1. The van der Waals surface area contributed by atoms with E-state index >= 15 is 0 Å². The molecule has 0 radical (unpaired) electrons. The number of para-hydroxylation sites is 1. The molecule has 0 aliphatic rings. The van der Waals surface area contributed by atoms with E-state index in [0.717, 1.165) is 15.4 Å². The standard InChI is InChI=1S/C30H19BrN2O5/c1-36-26-11-9-20(15-23(26)31)29-33-24-16-21(10-12-27(24)37-29)32-28(34)19-7-4-6-17(13-19)22-14-18-5-2-3-8-25(18)38-30(22)35/h2-16H,1H3,(H,32,34). The lowest BCUT2D eigenvalue weighted by Gasteiger charge is -2.07. The van der Waals surface area contributed by atoms with E-state index in [4.69, 9.17) is 13.6 Å². The summed E-state index contributed by atoms with van der Waals surface area (Å²) in [4.78, 5) is 30.3. The van der Waals surface area contributed by atoms with Crippen molar-refractivity contribution in [1.29, 1.82) is 0 Å². The quantitative estimate of drug-likeness (QED) is 0.220. The molecule has 6 aromatic rings. The minimum absolute atomic E-state index is 0.320. The van der Waals surface area contributed by atoms with Crippen molar-refractivity contribution in [3.63, 3.8) is 0 Å². The highest BCUT2D eigenvalue weighted by Crippen LogP contribution is 2.32. The molecule has 0 spiro atoms. The predicted octanol–water partition coefficient (Wildman–Crippen LogP) is 7.29. The van der Waals surface area contributed by atoms with Crippen molar-refractivity contribution in [2.45, 2.75) is 0 Å². The monoisotopic (exact) mass is 566 g/mol. The number of nitrogens with one attached hydrogen (secondary N) is 1. The summed E-state index contributed by atoms with van der Waals surface area (Å²) in [6, 6.07) is 26.8. The van der Waals surface area contributed by atoms with Gasteiger partial charge in [-0.2, -0.15) is 0 Å². The number of amides is 1. The smallest absolute Gasteiger partial charge is 0.344 e. The van der Waals surface area contributed by atoms with E-state index < -0.39 is 5.63 Å². The van der Waals surface area contributed by atoms with Crippen LogP contribution in [0, 0.1) is 0 Å². The molecule has 1 N–H and O–H groups in total. The van der Waals surface area contributed by atoms with E-state index in [2.05, 4.69) is 26.2 Å². The third-order valence-corrected chi connectivity index (χ3v) is 6.74. The number of methoxy groups -OCH3 is 1. The van der Waals surface area contributed by atoms with Crippen LogP contribution in [0.3, 0.4) is 0 Å². The van der Waals surface area contributed by atoms with Crippen molar-refractivity contribution < 1.29 is 18.4 Å². The molecule has 0 aliphatic heterocycles. The van der Waals surface area contributed by atoms with Gasteiger partial charge < -0.3 is 18.9 Å². The van der Waals surface area contributed by atoms with Crippen LogP contribution in [0.25, 0.3) is 44.7 Å². The number of ether oxygens (including phenoxy) is 1. The molecule has 1 amide bonds. The largest absolute Gasteiger partial charge is 0.496 e. The zero-order valence-electron chi connectivity index (χ0n) is 20.0. The van der Waals surface area contributed by atoms with E-state index in [1.54, 1.807) is 61.7 Å². The lowest BCUT2D eigenvalue weighted by Crippen LogP contribution is -2.12. The fourth-order valence-electron chi connectivity index (χ4n) is 4.22. The fourth-order valence-corrected chi connectivity index (χ4v) is 4.76. The Balaban J connectivity index is 1.26. The van der Waals surface area contributed by atoms with Crippen LogP contribution < -0.4 is 15.7 Å². The number of benzene rings is 4. The second-order valence-electron chi connectivity index (χ2n) is 8.57. The van der Waals surface area contributed by atoms with E-state index in [9.17, 15) is 9.59 Å². The molecule has 0 atom stereocenters. The zero-order valence-corrected chi connectivity index (χ0v) is 21.6. The second-order valence-corrected chi connectivity index (χ2v) is 9.43. The molecule has 2 heterocycles. The van der Waals surface area contributed by atoms with E-state index in [-0.39, 0.29) is 5.91 Å². The van der Waals surface area contributed by atoms with Gasteiger partial charge in [-0.05, 0) is 82.2 Å². The van der Waals surface area contributed by atoms with Crippen molar-refractivity contribution in [2.24, 2.45) is 0 Å². The van der Waals surface area contributed by atoms with Gasteiger partial charge in [0.2, 0.25) is 5.89 Å². The van der Waals surface area contributed by atoms with Crippen LogP contribution in [0.5, 0.6) is 5.75 Å². The number of carbonyl (C=O) groups is 1. The number of oxazole rings is 1. The third kappa shape index (κ3) is 4.46. The van der Waals surface area contributed by atoms with Crippen LogP contribution in [0.4, 0.5) is 5.69 Å². The summed E-state index contributed by atoms with van der Waals surface area (Å²) in [6.07, 6.45) is 0. The Bertz CT molecular complexity index is 1910. The average Bonchev–Trinajstić information content (AvgIpc) is 3.36. The number of fused-ring (bicyclic) bond motifs is 2. The SMILES string of the molecule is COc1ccc(-c2nc3cc(NC(=O)c4cccc(-c5cc6ccccc6oc5=O)c4)ccc3o2)cc1Br. The number of hydrogen-bond acceptors (Lipinski definition) is 6. The molecule has 0 unspecified atom stereocenters. The second kappa shape index (κ2) is 9.64. The van der Waals surface area contributed by atoms with Crippen LogP contribution in [-0.2, 0) is 0 Å². The summed E-state index contributed by atoms with van der Waals surface area (Å²) >= 11 is 3.48. The van der Waals surface area contributed by atoms with Gasteiger partial charge in [0.15, 0.2) is 5.58 Å². The molecule has 0 aliphatic carbocycles. The van der Waals surface area contributed by atoms with Gasteiger partial charge in [0.1, 0.15) is 16.8 Å². The lowest BCUT2D eigenvalue weighted by molar-refractivity contribution is 0.102. The number of hydrogen-bond donors (Lipinski definition) is 1. The number of anilines is 1. The third-order valence-electron chi connectivity index (χ3n) is 6.12. The molecular formula is C30H19BrN2O5. The molecule has 2 aromatic heterocycles. The molecule has 4 aromatic carbocycles. The highest BCUT2D eigenvalue weighted by atomic mass is 79.9. The number of rotatable bonds is 5. The van der Waals surface area contributed by atoms with Crippen LogP contribution >= 0.6 is 15.9 Å². The Morgan fingerprint density at radius 3 is 2.58 bits per heavy atom. The normalized spacial score (nSPS) is 11.1. The molecule has 186 valence electrons. The molecule has 7 nitrogen and oxygen atoms in total. The summed E-state index contributed by atoms with van der Waals surface area (Å²) in [7, 11) is 1.60. The van der Waals surface area contributed by atoms with Crippen LogP contribution in [0.15, 0.2) is 109 Å². The molecule has 8 heteroatoms. The summed E-state index contributed by atoms with van der Waals surface area (Å²) in [5.74, 6) is 0.841. The van der Waals surface area contributed by atoms with Gasteiger partial charge in [-0.3, -0.25) is 4.79 Å². The van der Waals surface area contributed by atoms with Crippen molar-refractivity contribution in [3.8, 4) is 28.3 Å². The summed E-state index contributed by atoms with van der Waals surface area (Å²) in [5, 5.41) is 3.71. The van der Waals surface area contributed by atoms with Crippen molar-refractivity contribution in [2.75, 3.05) is 12.4 Å². The van der Waals surface area contributed by atoms with Gasteiger partial charge in [0.05, 0.1) is 17.1 Å². The molecule has 0 saturated heterocycles. The van der Waals surface area contributed by atoms with Crippen molar-refractivity contribution in [3.05, 3.63) is 111 Å². The number of aromatic nitrogens is 1. The van der Waals surface area contributed by atoms with E-state index in [1.165, 1.54) is 0 Å².